The van der Waals surface area contributed by atoms with E-state index in [1.165, 1.54) is 11.3 Å². The molecule has 0 amide bonds. The summed E-state index contributed by atoms with van der Waals surface area (Å²) in [5.74, 6) is 1.68. The van der Waals surface area contributed by atoms with Gasteiger partial charge >= 0.3 is 0 Å². The lowest BCUT2D eigenvalue weighted by Gasteiger charge is -2.26. The number of methoxy groups -OCH3 is 1. The molecule has 0 saturated carbocycles. The zero-order valence-corrected chi connectivity index (χ0v) is 14.3. The van der Waals surface area contributed by atoms with Gasteiger partial charge in [-0.05, 0) is 37.1 Å². The van der Waals surface area contributed by atoms with Crippen molar-refractivity contribution in [3.05, 3.63) is 23.4 Å². The Labute approximate surface area is 129 Å². The maximum Gasteiger partial charge on any atom is 0.129 e. The molecule has 4 heteroatoms. The van der Waals surface area contributed by atoms with E-state index in [0.717, 1.165) is 44.9 Å². The molecule has 4 nitrogen and oxygen atoms in total. The van der Waals surface area contributed by atoms with E-state index in [1.54, 1.807) is 7.11 Å². The van der Waals surface area contributed by atoms with Crippen molar-refractivity contribution in [2.24, 2.45) is 5.92 Å². The van der Waals surface area contributed by atoms with Gasteiger partial charge in [-0.2, -0.15) is 0 Å². The Bertz CT molecular complexity index is 383. The lowest BCUT2D eigenvalue weighted by molar-refractivity contribution is 0.204. The van der Waals surface area contributed by atoms with Crippen molar-refractivity contribution in [1.29, 1.82) is 0 Å². The molecular weight excluding hydrogens is 262 g/mol. The van der Waals surface area contributed by atoms with E-state index in [0.29, 0.717) is 5.92 Å². The van der Waals surface area contributed by atoms with Gasteiger partial charge in [0.2, 0.25) is 0 Å². The van der Waals surface area contributed by atoms with Crippen molar-refractivity contribution in [3.8, 4) is 0 Å². The smallest absolute Gasteiger partial charge is 0.129 e. The Hall–Kier alpha value is -1.13. The molecule has 0 aliphatic carbocycles. The van der Waals surface area contributed by atoms with E-state index < -0.39 is 0 Å². The van der Waals surface area contributed by atoms with Crippen LogP contribution in [0.1, 0.15) is 38.4 Å². The van der Waals surface area contributed by atoms with E-state index >= 15 is 0 Å². The second-order valence-corrected chi connectivity index (χ2v) is 5.94. The molecule has 1 aromatic rings. The number of anilines is 1. The molecule has 0 aromatic carbocycles. The molecule has 0 radical (unpaired) electrons. The summed E-state index contributed by atoms with van der Waals surface area (Å²) in [6, 6.07) is 4.42. The summed E-state index contributed by atoms with van der Waals surface area (Å²) in [5, 5.41) is 3.23. The van der Waals surface area contributed by atoms with Gasteiger partial charge in [0.15, 0.2) is 0 Å². The van der Waals surface area contributed by atoms with Crippen molar-refractivity contribution in [2.75, 3.05) is 38.8 Å². The standard InChI is InChI=1S/C17H31N3O/c1-6-7-16-10-15(12-18-4)11-17(19-16)20(8-9-21-5)13-14(2)3/h10-11,14,18H,6-9,12-13H2,1-5H3. The van der Waals surface area contributed by atoms with E-state index in [1.807, 2.05) is 7.05 Å². The number of aryl methyl sites for hydroxylation is 1. The Kier molecular flexibility index (Phi) is 8.31. The lowest BCUT2D eigenvalue weighted by atomic mass is 10.1. The van der Waals surface area contributed by atoms with E-state index in [4.69, 9.17) is 9.72 Å². The van der Waals surface area contributed by atoms with E-state index in [9.17, 15) is 0 Å². The van der Waals surface area contributed by atoms with Crippen LogP contribution in [-0.2, 0) is 17.7 Å². The minimum atomic E-state index is 0.603. The Morgan fingerprint density at radius 3 is 2.67 bits per heavy atom. The largest absolute Gasteiger partial charge is 0.383 e. The number of rotatable bonds is 10. The number of aromatic nitrogens is 1. The first-order chi connectivity index (χ1) is 10.1. The fourth-order valence-electron chi connectivity index (χ4n) is 2.43. The Morgan fingerprint density at radius 1 is 1.33 bits per heavy atom. The maximum atomic E-state index is 5.25. The minimum absolute atomic E-state index is 0.603. The average molecular weight is 293 g/mol. The van der Waals surface area contributed by atoms with E-state index in [2.05, 4.69) is 43.1 Å². The average Bonchev–Trinajstić information content (AvgIpc) is 2.43. The first-order valence-electron chi connectivity index (χ1n) is 7.99. The normalized spacial score (nSPS) is 11.1. The van der Waals surface area contributed by atoms with Gasteiger partial charge in [-0.1, -0.05) is 27.2 Å². The van der Waals surface area contributed by atoms with Gasteiger partial charge < -0.3 is 15.0 Å². The molecule has 1 heterocycles. The predicted molar refractivity (Wildman–Crippen MR) is 89.9 cm³/mol. The van der Waals surface area contributed by atoms with Crippen LogP contribution in [0.5, 0.6) is 0 Å². The van der Waals surface area contributed by atoms with Crippen molar-refractivity contribution < 1.29 is 4.74 Å². The molecule has 0 fully saturated rings. The van der Waals surface area contributed by atoms with Crippen LogP contribution in [0.15, 0.2) is 12.1 Å². The SMILES string of the molecule is CCCc1cc(CNC)cc(N(CCOC)CC(C)C)n1. The number of hydrogen-bond donors (Lipinski definition) is 1. The lowest BCUT2D eigenvalue weighted by Crippen LogP contribution is -2.32. The molecule has 0 unspecified atom stereocenters. The summed E-state index contributed by atoms with van der Waals surface area (Å²) in [6.07, 6.45) is 2.15. The molecule has 0 atom stereocenters. The topological polar surface area (TPSA) is 37.4 Å². The monoisotopic (exact) mass is 293 g/mol. The minimum Gasteiger partial charge on any atom is -0.383 e. The van der Waals surface area contributed by atoms with Crippen LogP contribution in [0.2, 0.25) is 0 Å². The highest BCUT2D eigenvalue weighted by Gasteiger charge is 2.12. The second-order valence-electron chi connectivity index (χ2n) is 5.94. The number of nitrogens with zero attached hydrogens (tertiary/aromatic N) is 2. The van der Waals surface area contributed by atoms with Crippen LogP contribution in [-0.4, -0.2) is 38.8 Å². The van der Waals surface area contributed by atoms with Gasteiger partial charge in [0, 0.05) is 32.4 Å². The van der Waals surface area contributed by atoms with Crippen molar-refractivity contribution in [2.45, 2.75) is 40.2 Å². The molecular formula is C17H31N3O. The van der Waals surface area contributed by atoms with Crippen LogP contribution in [0.25, 0.3) is 0 Å². The fourth-order valence-corrected chi connectivity index (χ4v) is 2.43. The van der Waals surface area contributed by atoms with Crippen LogP contribution in [0, 0.1) is 5.92 Å². The van der Waals surface area contributed by atoms with Crippen molar-refractivity contribution in [1.82, 2.24) is 10.3 Å². The molecule has 120 valence electrons. The Morgan fingerprint density at radius 2 is 2.10 bits per heavy atom. The molecule has 0 saturated heterocycles. The van der Waals surface area contributed by atoms with Crippen molar-refractivity contribution in [3.63, 3.8) is 0 Å². The van der Waals surface area contributed by atoms with Gasteiger partial charge in [0.05, 0.1) is 6.61 Å². The predicted octanol–water partition coefficient (Wildman–Crippen LogP) is 2.86. The first-order valence-corrected chi connectivity index (χ1v) is 7.99. The molecule has 1 rings (SSSR count). The first kappa shape index (κ1) is 17.9. The van der Waals surface area contributed by atoms with Crippen LogP contribution < -0.4 is 10.2 Å². The number of ether oxygens (including phenoxy) is 1. The molecule has 0 aliphatic heterocycles. The fraction of sp³-hybridized carbons (Fsp3) is 0.706. The summed E-state index contributed by atoms with van der Waals surface area (Å²) in [6.45, 7) is 10.2. The highest BCUT2D eigenvalue weighted by atomic mass is 16.5. The zero-order valence-electron chi connectivity index (χ0n) is 14.3. The molecule has 0 spiro atoms. The third-order valence-electron chi connectivity index (χ3n) is 3.29. The summed E-state index contributed by atoms with van der Waals surface area (Å²) in [4.78, 5) is 7.19. The zero-order chi connectivity index (χ0) is 15.7. The summed E-state index contributed by atoms with van der Waals surface area (Å²) in [7, 11) is 3.73. The van der Waals surface area contributed by atoms with E-state index in [-0.39, 0.29) is 0 Å². The van der Waals surface area contributed by atoms with Crippen molar-refractivity contribution >= 4 is 5.82 Å². The summed E-state index contributed by atoms with van der Waals surface area (Å²) in [5.41, 5.74) is 2.49. The number of hydrogen-bond acceptors (Lipinski definition) is 4. The Balaban J connectivity index is 3.02. The number of pyridine rings is 1. The van der Waals surface area contributed by atoms with Crippen LogP contribution in [0.4, 0.5) is 5.82 Å². The number of nitrogens with one attached hydrogen (secondary N) is 1. The van der Waals surface area contributed by atoms with Gasteiger partial charge in [-0.25, -0.2) is 4.98 Å². The molecule has 1 N–H and O–H groups in total. The molecule has 0 bridgehead atoms. The summed E-state index contributed by atoms with van der Waals surface area (Å²) >= 11 is 0. The second kappa shape index (κ2) is 9.74. The molecule has 1 aromatic heterocycles. The third-order valence-corrected chi connectivity index (χ3v) is 3.29. The van der Waals surface area contributed by atoms with Gasteiger partial charge in [-0.15, -0.1) is 0 Å². The van der Waals surface area contributed by atoms with Crippen LogP contribution in [0.3, 0.4) is 0 Å². The molecule has 21 heavy (non-hydrogen) atoms. The third kappa shape index (κ3) is 6.44. The van der Waals surface area contributed by atoms with Gasteiger partial charge in [-0.3, -0.25) is 0 Å². The highest BCUT2D eigenvalue weighted by molar-refractivity contribution is 5.43. The quantitative estimate of drug-likeness (QED) is 0.720. The summed E-state index contributed by atoms with van der Waals surface area (Å²) < 4.78 is 5.25. The maximum absolute atomic E-state index is 5.25. The molecule has 0 aliphatic rings. The van der Waals surface area contributed by atoms with Gasteiger partial charge in [0.25, 0.3) is 0 Å². The highest BCUT2D eigenvalue weighted by Crippen LogP contribution is 2.18. The van der Waals surface area contributed by atoms with Gasteiger partial charge in [0.1, 0.15) is 5.82 Å². The van der Waals surface area contributed by atoms with Crippen LogP contribution >= 0.6 is 0 Å².